The van der Waals surface area contributed by atoms with Crippen molar-refractivity contribution in [3.8, 4) is 11.3 Å². The third-order valence-electron chi connectivity index (χ3n) is 2.29. The molecule has 2 rings (SSSR count). The molecule has 90 valence electrons. The van der Waals surface area contributed by atoms with Crippen molar-refractivity contribution in [3.05, 3.63) is 35.0 Å². The molecule has 1 aromatic heterocycles. The van der Waals surface area contributed by atoms with Crippen molar-refractivity contribution >= 4 is 16.5 Å². The Kier molecular flexibility index (Phi) is 3.40. The maximum atomic E-state index is 12.9. The Morgan fingerprint density at radius 3 is 2.53 bits per heavy atom. The van der Waals surface area contributed by atoms with Gasteiger partial charge in [-0.1, -0.05) is 0 Å². The van der Waals surface area contributed by atoms with Crippen LogP contribution in [0.15, 0.2) is 24.3 Å². The van der Waals surface area contributed by atoms with Crippen LogP contribution in [0.4, 0.5) is 9.52 Å². The molecule has 17 heavy (non-hydrogen) atoms. The van der Waals surface area contributed by atoms with Crippen LogP contribution < -0.4 is 5.73 Å². The molecule has 0 atom stereocenters. The smallest absolute Gasteiger partial charge is 0.180 e. The first-order valence-corrected chi connectivity index (χ1v) is 6.04. The Morgan fingerprint density at radius 1 is 1.29 bits per heavy atom. The summed E-state index contributed by atoms with van der Waals surface area (Å²) < 4.78 is 12.9. The lowest BCUT2D eigenvalue weighted by Gasteiger charge is -2.08. The highest BCUT2D eigenvalue weighted by Crippen LogP contribution is 2.30. The zero-order valence-electron chi connectivity index (χ0n) is 9.77. The lowest BCUT2D eigenvalue weighted by molar-refractivity contribution is 0.406. The summed E-state index contributed by atoms with van der Waals surface area (Å²) in [5.74, 6) is -0.244. The number of thiazole rings is 1. The van der Waals surface area contributed by atoms with E-state index in [4.69, 9.17) is 5.73 Å². The van der Waals surface area contributed by atoms with Crippen LogP contribution in [0.5, 0.6) is 0 Å². The number of nitrogens with two attached hydrogens (primary N) is 1. The second-order valence-electron chi connectivity index (χ2n) is 4.07. The Balaban J connectivity index is 2.40. The Morgan fingerprint density at radius 2 is 1.94 bits per heavy atom. The van der Waals surface area contributed by atoms with Gasteiger partial charge in [0.25, 0.3) is 0 Å². The van der Waals surface area contributed by atoms with E-state index in [1.165, 1.54) is 23.5 Å². The maximum absolute atomic E-state index is 12.9. The third kappa shape index (κ3) is 2.81. The van der Waals surface area contributed by atoms with Crippen molar-refractivity contribution in [2.24, 2.45) is 0 Å². The monoisotopic (exact) mass is 251 g/mol. The summed E-state index contributed by atoms with van der Waals surface area (Å²) in [6.07, 6.45) is 0. The van der Waals surface area contributed by atoms with E-state index in [2.05, 4.69) is 9.88 Å². The molecule has 0 saturated carbocycles. The summed E-state index contributed by atoms with van der Waals surface area (Å²) in [5.41, 5.74) is 7.48. The summed E-state index contributed by atoms with van der Waals surface area (Å²) in [7, 11) is 3.98. The van der Waals surface area contributed by atoms with Gasteiger partial charge in [0.15, 0.2) is 5.13 Å². The molecule has 0 amide bonds. The predicted molar refractivity (Wildman–Crippen MR) is 69.3 cm³/mol. The summed E-state index contributed by atoms with van der Waals surface area (Å²) >= 11 is 1.47. The number of nitrogen functional groups attached to an aromatic ring is 1. The van der Waals surface area contributed by atoms with Crippen molar-refractivity contribution in [2.75, 3.05) is 19.8 Å². The van der Waals surface area contributed by atoms with Gasteiger partial charge >= 0.3 is 0 Å². The lowest BCUT2D eigenvalue weighted by atomic mass is 10.1. The highest BCUT2D eigenvalue weighted by atomic mass is 32.1. The molecule has 1 aromatic carbocycles. The first-order chi connectivity index (χ1) is 8.06. The average molecular weight is 251 g/mol. The van der Waals surface area contributed by atoms with Gasteiger partial charge in [-0.2, -0.15) is 0 Å². The Hall–Kier alpha value is -1.46. The van der Waals surface area contributed by atoms with E-state index in [-0.39, 0.29) is 5.82 Å². The van der Waals surface area contributed by atoms with Gasteiger partial charge in [-0.3, -0.25) is 0 Å². The largest absolute Gasteiger partial charge is 0.375 e. The highest BCUT2D eigenvalue weighted by Gasteiger charge is 2.12. The van der Waals surface area contributed by atoms with Crippen LogP contribution in [0.3, 0.4) is 0 Å². The number of benzene rings is 1. The molecule has 0 radical (unpaired) electrons. The normalized spacial score (nSPS) is 11.1. The molecule has 0 bridgehead atoms. The molecule has 0 aliphatic carbocycles. The van der Waals surface area contributed by atoms with Gasteiger partial charge in [0.1, 0.15) is 5.82 Å². The molecule has 5 heteroatoms. The second kappa shape index (κ2) is 4.81. The van der Waals surface area contributed by atoms with Crippen molar-refractivity contribution in [1.82, 2.24) is 9.88 Å². The quantitative estimate of drug-likeness (QED) is 0.911. The molecule has 0 aliphatic heterocycles. The fourth-order valence-electron chi connectivity index (χ4n) is 1.60. The fourth-order valence-corrected chi connectivity index (χ4v) is 2.57. The zero-order valence-corrected chi connectivity index (χ0v) is 10.6. The average Bonchev–Trinajstić information content (AvgIpc) is 2.59. The maximum Gasteiger partial charge on any atom is 0.180 e. The Bertz CT molecular complexity index is 505. The zero-order chi connectivity index (χ0) is 12.4. The van der Waals surface area contributed by atoms with Gasteiger partial charge in [0, 0.05) is 17.0 Å². The fraction of sp³-hybridized carbons (Fsp3) is 0.250. The van der Waals surface area contributed by atoms with Crippen molar-refractivity contribution in [3.63, 3.8) is 0 Å². The standard InChI is InChI=1S/C12H14FN3S/c1-16(2)7-10-11(15-12(14)17-10)8-3-5-9(13)6-4-8/h3-6H,7H2,1-2H3,(H2,14,15). The Labute approximate surface area is 104 Å². The van der Waals surface area contributed by atoms with Gasteiger partial charge in [-0.05, 0) is 38.4 Å². The highest BCUT2D eigenvalue weighted by molar-refractivity contribution is 7.15. The molecule has 0 saturated heterocycles. The number of hydrogen-bond acceptors (Lipinski definition) is 4. The minimum absolute atomic E-state index is 0.244. The number of halogens is 1. The van der Waals surface area contributed by atoms with Crippen LogP contribution >= 0.6 is 11.3 Å². The lowest BCUT2D eigenvalue weighted by Crippen LogP contribution is -2.10. The minimum atomic E-state index is -0.244. The van der Waals surface area contributed by atoms with Crippen molar-refractivity contribution in [2.45, 2.75) is 6.54 Å². The molecule has 3 nitrogen and oxygen atoms in total. The van der Waals surface area contributed by atoms with Gasteiger partial charge < -0.3 is 10.6 Å². The first-order valence-electron chi connectivity index (χ1n) is 5.22. The summed E-state index contributed by atoms with van der Waals surface area (Å²) in [4.78, 5) is 7.46. The number of nitrogens with zero attached hydrogens (tertiary/aromatic N) is 2. The van der Waals surface area contributed by atoms with E-state index >= 15 is 0 Å². The number of hydrogen-bond donors (Lipinski definition) is 1. The summed E-state index contributed by atoms with van der Waals surface area (Å²) in [6, 6.07) is 6.32. The molecule has 1 heterocycles. The molecular formula is C12H14FN3S. The van der Waals surface area contributed by atoms with Crippen molar-refractivity contribution in [1.29, 1.82) is 0 Å². The van der Waals surface area contributed by atoms with Gasteiger partial charge in [0.2, 0.25) is 0 Å². The minimum Gasteiger partial charge on any atom is -0.375 e. The van der Waals surface area contributed by atoms with Crippen LogP contribution in [0, 0.1) is 5.82 Å². The molecular weight excluding hydrogens is 237 g/mol. The number of aromatic nitrogens is 1. The molecule has 0 unspecified atom stereocenters. The van der Waals surface area contributed by atoms with E-state index in [1.54, 1.807) is 12.1 Å². The molecule has 0 fully saturated rings. The molecule has 0 spiro atoms. The van der Waals surface area contributed by atoms with Crippen LogP contribution in [-0.4, -0.2) is 24.0 Å². The van der Waals surface area contributed by atoms with Crippen LogP contribution in [0.2, 0.25) is 0 Å². The molecule has 2 aromatic rings. The van der Waals surface area contributed by atoms with E-state index in [9.17, 15) is 4.39 Å². The molecule has 0 aliphatic rings. The molecule has 2 N–H and O–H groups in total. The van der Waals surface area contributed by atoms with E-state index in [0.717, 1.165) is 22.7 Å². The van der Waals surface area contributed by atoms with Crippen LogP contribution in [0.1, 0.15) is 4.88 Å². The number of anilines is 1. The van der Waals surface area contributed by atoms with E-state index in [1.807, 2.05) is 14.1 Å². The van der Waals surface area contributed by atoms with E-state index in [0.29, 0.717) is 5.13 Å². The van der Waals surface area contributed by atoms with Crippen LogP contribution in [-0.2, 0) is 6.54 Å². The predicted octanol–water partition coefficient (Wildman–Crippen LogP) is 2.59. The first kappa shape index (κ1) is 12.0. The summed E-state index contributed by atoms with van der Waals surface area (Å²) in [5, 5.41) is 0.543. The third-order valence-corrected chi connectivity index (χ3v) is 3.16. The van der Waals surface area contributed by atoms with E-state index < -0.39 is 0 Å². The van der Waals surface area contributed by atoms with Gasteiger partial charge in [-0.15, -0.1) is 11.3 Å². The van der Waals surface area contributed by atoms with Crippen LogP contribution in [0.25, 0.3) is 11.3 Å². The van der Waals surface area contributed by atoms with Crippen molar-refractivity contribution < 1.29 is 4.39 Å². The number of rotatable bonds is 3. The SMILES string of the molecule is CN(C)Cc1sc(N)nc1-c1ccc(F)cc1. The van der Waals surface area contributed by atoms with Gasteiger partial charge in [0.05, 0.1) is 5.69 Å². The second-order valence-corrected chi connectivity index (χ2v) is 5.18. The topological polar surface area (TPSA) is 42.1 Å². The summed E-state index contributed by atoms with van der Waals surface area (Å²) in [6.45, 7) is 0.779. The van der Waals surface area contributed by atoms with Gasteiger partial charge in [-0.25, -0.2) is 9.37 Å².